The second-order valence-corrected chi connectivity index (χ2v) is 9.92. The summed E-state index contributed by atoms with van der Waals surface area (Å²) in [6.45, 7) is 2.32. The van der Waals surface area contributed by atoms with Crippen LogP contribution in [0.3, 0.4) is 0 Å². The number of amides is 2. The van der Waals surface area contributed by atoms with Gasteiger partial charge in [-0.1, -0.05) is 55.5 Å². The maximum absolute atomic E-state index is 13.0. The van der Waals surface area contributed by atoms with Crippen LogP contribution in [-0.4, -0.2) is 65.7 Å². The van der Waals surface area contributed by atoms with Crippen molar-refractivity contribution >= 4 is 29.7 Å². The fourth-order valence-corrected chi connectivity index (χ4v) is 5.32. The minimum atomic E-state index is -0.885. The van der Waals surface area contributed by atoms with E-state index in [4.69, 9.17) is 4.74 Å². The number of hydrogen-bond acceptors (Lipinski definition) is 5. The Hall–Kier alpha value is -3.00. The van der Waals surface area contributed by atoms with Gasteiger partial charge < -0.3 is 20.1 Å². The van der Waals surface area contributed by atoms with Crippen LogP contribution in [-0.2, 0) is 14.3 Å². The molecule has 1 fully saturated rings. The third-order valence-electron chi connectivity index (χ3n) is 6.97. The Bertz CT molecular complexity index is 1040. The summed E-state index contributed by atoms with van der Waals surface area (Å²) in [5.41, 5.74) is 3.66. The zero-order valence-electron chi connectivity index (χ0n) is 19.5. The summed E-state index contributed by atoms with van der Waals surface area (Å²) >= 11 is 1.58. The molecule has 7 nitrogen and oxygen atoms in total. The van der Waals surface area contributed by atoms with Gasteiger partial charge in [0, 0.05) is 19.0 Å². The molecular weight excluding hydrogens is 452 g/mol. The number of carbonyl (C=O) groups is 3. The zero-order chi connectivity index (χ0) is 24.3. The fourth-order valence-electron chi connectivity index (χ4n) is 4.85. The van der Waals surface area contributed by atoms with Gasteiger partial charge >= 0.3 is 12.1 Å². The Balaban J connectivity index is 1.39. The number of aliphatic carboxylic acids is 1. The molecule has 2 aliphatic rings. The monoisotopic (exact) mass is 482 g/mol. The van der Waals surface area contributed by atoms with E-state index in [1.54, 1.807) is 11.8 Å². The van der Waals surface area contributed by atoms with E-state index in [9.17, 15) is 19.5 Å². The van der Waals surface area contributed by atoms with Crippen molar-refractivity contribution in [1.82, 2.24) is 10.2 Å². The highest BCUT2D eigenvalue weighted by Crippen LogP contribution is 2.44. The number of rotatable bonds is 9. The van der Waals surface area contributed by atoms with Gasteiger partial charge in [0.1, 0.15) is 18.1 Å². The number of ether oxygens (including phenoxy) is 1. The Morgan fingerprint density at radius 2 is 1.71 bits per heavy atom. The number of carboxylic acid groups (broad SMARTS) is 1. The van der Waals surface area contributed by atoms with Crippen molar-refractivity contribution < 1.29 is 24.2 Å². The van der Waals surface area contributed by atoms with Gasteiger partial charge in [0.05, 0.1) is 0 Å². The summed E-state index contributed by atoms with van der Waals surface area (Å²) < 4.78 is 5.61. The van der Waals surface area contributed by atoms with Crippen LogP contribution in [0.5, 0.6) is 0 Å². The van der Waals surface area contributed by atoms with Crippen LogP contribution in [0.25, 0.3) is 11.1 Å². The molecule has 1 aliphatic carbocycles. The van der Waals surface area contributed by atoms with Gasteiger partial charge in [0.2, 0.25) is 5.91 Å². The number of nitrogens with one attached hydrogen (secondary N) is 1. The van der Waals surface area contributed by atoms with Crippen molar-refractivity contribution in [1.29, 1.82) is 0 Å². The number of carboxylic acids is 1. The first kappa shape index (κ1) is 24.1. The molecule has 0 saturated carbocycles. The van der Waals surface area contributed by atoms with Crippen LogP contribution in [0.1, 0.15) is 36.8 Å². The summed E-state index contributed by atoms with van der Waals surface area (Å²) in [6, 6.07) is 15.5. The van der Waals surface area contributed by atoms with Crippen LogP contribution >= 0.6 is 11.8 Å². The van der Waals surface area contributed by atoms with E-state index in [0.29, 0.717) is 18.6 Å². The Kier molecular flexibility index (Phi) is 7.16. The van der Waals surface area contributed by atoms with Crippen LogP contribution < -0.4 is 5.32 Å². The Morgan fingerprint density at radius 1 is 1.12 bits per heavy atom. The van der Waals surface area contributed by atoms with E-state index in [1.165, 1.54) is 4.90 Å². The van der Waals surface area contributed by atoms with Crippen LogP contribution in [0, 0.1) is 5.41 Å². The summed E-state index contributed by atoms with van der Waals surface area (Å²) in [4.78, 5) is 38.8. The van der Waals surface area contributed by atoms with Crippen molar-refractivity contribution in [3.8, 4) is 11.1 Å². The number of carbonyl (C=O) groups excluding carboxylic acids is 2. The van der Waals surface area contributed by atoms with E-state index in [2.05, 4.69) is 29.6 Å². The molecule has 1 saturated heterocycles. The first-order chi connectivity index (χ1) is 16.4. The second-order valence-electron chi connectivity index (χ2n) is 8.94. The molecule has 2 aromatic carbocycles. The van der Waals surface area contributed by atoms with Crippen molar-refractivity contribution in [3.63, 3.8) is 0 Å². The molecule has 180 valence electrons. The Morgan fingerprint density at radius 3 is 2.24 bits per heavy atom. The molecule has 1 unspecified atom stereocenters. The van der Waals surface area contributed by atoms with Crippen LogP contribution in [0.15, 0.2) is 48.5 Å². The van der Waals surface area contributed by atoms with Crippen LogP contribution in [0.2, 0.25) is 0 Å². The van der Waals surface area contributed by atoms with Gasteiger partial charge in [0.25, 0.3) is 0 Å². The SMILES string of the molecule is CCC1(C(=O)O)CN(C(=O)C(CCSC)NC(=O)OCC2c3ccccc3-c3ccccc32)C1. The highest BCUT2D eigenvalue weighted by molar-refractivity contribution is 7.98. The summed E-state index contributed by atoms with van der Waals surface area (Å²) in [5.74, 6) is -0.516. The number of thioether (sulfide) groups is 1. The quantitative estimate of drug-likeness (QED) is 0.562. The maximum Gasteiger partial charge on any atom is 0.407 e. The van der Waals surface area contributed by atoms with E-state index in [1.807, 2.05) is 37.4 Å². The predicted octanol–water partition coefficient (Wildman–Crippen LogP) is 3.97. The van der Waals surface area contributed by atoms with Gasteiger partial charge in [0.15, 0.2) is 0 Å². The first-order valence-electron chi connectivity index (χ1n) is 11.5. The molecule has 34 heavy (non-hydrogen) atoms. The summed E-state index contributed by atoms with van der Waals surface area (Å²) in [6.07, 6.45) is 2.21. The lowest BCUT2D eigenvalue weighted by Crippen LogP contribution is -2.65. The molecule has 0 aromatic heterocycles. The lowest BCUT2D eigenvalue weighted by Gasteiger charge is -2.47. The van der Waals surface area contributed by atoms with Crippen LogP contribution in [0.4, 0.5) is 4.79 Å². The van der Waals surface area contributed by atoms with Crippen molar-refractivity contribution in [2.45, 2.75) is 31.7 Å². The molecule has 8 heteroatoms. The first-order valence-corrected chi connectivity index (χ1v) is 12.9. The molecule has 2 N–H and O–H groups in total. The standard InChI is InChI=1S/C26H30N2O5S/c1-3-26(24(30)31)15-28(16-26)23(29)22(12-13-34-2)27-25(32)33-14-21-19-10-6-4-8-17(19)18-9-5-7-11-20(18)21/h4-11,21-22H,3,12-16H2,1-2H3,(H,27,32)(H,30,31). The fraction of sp³-hybridized carbons (Fsp3) is 0.423. The number of benzene rings is 2. The second kappa shape index (κ2) is 10.1. The summed E-state index contributed by atoms with van der Waals surface area (Å²) in [7, 11) is 0. The molecular formula is C26H30N2O5S. The molecule has 2 amide bonds. The number of fused-ring (bicyclic) bond motifs is 3. The molecule has 1 heterocycles. The average molecular weight is 483 g/mol. The average Bonchev–Trinajstić information content (AvgIpc) is 3.13. The minimum Gasteiger partial charge on any atom is -0.481 e. The number of alkyl carbamates (subject to hydrolysis) is 1. The van der Waals surface area contributed by atoms with Crippen molar-refractivity contribution in [2.24, 2.45) is 5.41 Å². The largest absolute Gasteiger partial charge is 0.481 e. The minimum absolute atomic E-state index is 0.0605. The number of hydrogen-bond donors (Lipinski definition) is 2. The van der Waals surface area contributed by atoms with E-state index >= 15 is 0 Å². The van der Waals surface area contributed by atoms with Gasteiger partial charge in [-0.3, -0.25) is 9.59 Å². The Labute approximate surface area is 203 Å². The molecule has 0 radical (unpaired) electrons. The lowest BCUT2D eigenvalue weighted by molar-refractivity contribution is -0.167. The highest BCUT2D eigenvalue weighted by Gasteiger charge is 2.51. The molecule has 1 aliphatic heterocycles. The van der Waals surface area contributed by atoms with Gasteiger partial charge in [-0.15, -0.1) is 0 Å². The predicted molar refractivity (Wildman–Crippen MR) is 132 cm³/mol. The normalized spacial score (nSPS) is 16.7. The van der Waals surface area contributed by atoms with E-state index in [0.717, 1.165) is 22.3 Å². The number of nitrogens with zero attached hydrogens (tertiary/aromatic N) is 1. The smallest absolute Gasteiger partial charge is 0.407 e. The zero-order valence-corrected chi connectivity index (χ0v) is 20.3. The van der Waals surface area contributed by atoms with Gasteiger partial charge in [-0.25, -0.2) is 4.79 Å². The maximum atomic E-state index is 13.0. The topological polar surface area (TPSA) is 95.9 Å². The third kappa shape index (κ3) is 4.51. The van der Waals surface area contributed by atoms with Gasteiger partial charge in [-0.2, -0.15) is 11.8 Å². The lowest BCUT2D eigenvalue weighted by atomic mass is 9.77. The highest BCUT2D eigenvalue weighted by atomic mass is 32.2. The van der Waals surface area contributed by atoms with Gasteiger partial charge in [-0.05, 0) is 47.1 Å². The molecule has 0 spiro atoms. The van der Waals surface area contributed by atoms with E-state index in [-0.39, 0.29) is 31.5 Å². The third-order valence-corrected chi connectivity index (χ3v) is 7.62. The van der Waals surface area contributed by atoms with Crippen molar-refractivity contribution in [2.75, 3.05) is 31.7 Å². The molecule has 4 rings (SSSR count). The number of likely N-dealkylation sites (tertiary alicyclic amines) is 1. The molecule has 1 atom stereocenters. The summed E-state index contributed by atoms with van der Waals surface area (Å²) in [5, 5.41) is 12.2. The molecule has 2 aromatic rings. The molecule has 0 bridgehead atoms. The van der Waals surface area contributed by atoms with Crippen molar-refractivity contribution in [3.05, 3.63) is 59.7 Å². The van der Waals surface area contributed by atoms with E-state index < -0.39 is 23.5 Å².